The summed E-state index contributed by atoms with van der Waals surface area (Å²) in [6, 6.07) is 8.61. The van der Waals surface area contributed by atoms with Crippen LogP contribution in [-0.2, 0) is 6.42 Å². The number of halogens is 1. The monoisotopic (exact) mass is 293 g/mol. The van der Waals surface area contributed by atoms with Gasteiger partial charge in [0.2, 0.25) is 0 Å². The summed E-state index contributed by atoms with van der Waals surface area (Å²) in [6.45, 7) is 0. The second-order valence-electron chi connectivity index (χ2n) is 4.87. The number of hydrogen-bond donors (Lipinski definition) is 1. The molecule has 0 aromatic heterocycles. The zero-order valence-electron chi connectivity index (χ0n) is 10.2. The first kappa shape index (κ1) is 12.8. The van der Waals surface area contributed by atoms with E-state index in [9.17, 15) is 0 Å². The highest BCUT2D eigenvalue weighted by Gasteiger charge is 2.11. The Kier molecular flexibility index (Phi) is 4.81. The predicted molar refractivity (Wildman–Crippen MR) is 77.0 cm³/mol. The Labute approximate surface area is 112 Å². The molecule has 0 fully saturated rings. The van der Waals surface area contributed by atoms with Crippen molar-refractivity contribution in [3.05, 3.63) is 46.0 Å². The number of benzene rings is 1. The van der Waals surface area contributed by atoms with Crippen LogP contribution in [-0.4, -0.2) is 6.04 Å². The summed E-state index contributed by atoms with van der Waals surface area (Å²) in [6.07, 6.45) is 9.60. The van der Waals surface area contributed by atoms with E-state index >= 15 is 0 Å². The fourth-order valence-corrected chi connectivity index (χ4v) is 2.89. The average Bonchev–Trinajstić information content (AvgIpc) is 2.33. The molecular formula is C15H20BrN. The summed E-state index contributed by atoms with van der Waals surface area (Å²) < 4.78 is 1.17. The minimum atomic E-state index is 0.248. The summed E-state index contributed by atoms with van der Waals surface area (Å²) >= 11 is 3.58. The molecule has 0 saturated heterocycles. The van der Waals surface area contributed by atoms with Gasteiger partial charge in [-0.1, -0.05) is 45.8 Å². The second-order valence-corrected chi connectivity index (χ2v) is 5.72. The van der Waals surface area contributed by atoms with Crippen molar-refractivity contribution in [2.75, 3.05) is 0 Å². The summed E-state index contributed by atoms with van der Waals surface area (Å²) in [5.74, 6) is 0. The molecule has 0 bridgehead atoms. The molecule has 17 heavy (non-hydrogen) atoms. The van der Waals surface area contributed by atoms with Gasteiger partial charge in [-0.05, 0) is 50.2 Å². The van der Waals surface area contributed by atoms with Gasteiger partial charge in [0.25, 0.3) is 0 Å². The quantitative estimate of drug-likeness (QED) is 0.827. The first-order valence-corrected chi connectivity index (χ1v) is 7.22. The predicted octanol–water partition coefficient (Wildman–Crippen LogP) is 4.21. The molecular weight excluding hydrogens is 274 g/mol. The Morgan fingerprint density at radius 1 is 1.18 bits per heavy atom. The molecule has 1 nitrogen and oxygen atoms in total. The van der Waals surface area contributed by atoms with Crippen molar-refractivity contribution in [2.45, 2.75) is 44.6 Å². The van der Waals surface area contributed by atoms with E-state index in [0.29, 0.717) is 0 Å². The van der Waals surface area contributed by atoms with Gasteiger partial charge in [-0.25, -0.2) is 0 Å². The maximum absolute atomic E-state index is 6.24. The maximum atomic E-state index is 6.24. The van der Waals surface area contributed by atoms with Gasteiger partial charge in [-0.15, -0.1) is 0 Å². The highest BCUT2D eigenvalue weighted by atomic mass is 79.9. The minimum Gasteiger partial charge on any atom is -0.327 e. The second kappa shape index (κ2) is 6.36. The molecule has 0 saturated carbocycles. The molecule has 92 valence electrons. The smallest absolute Gasteiger partial charge is 0.0207 e. The number of nitrogens with two attached hydrogens (primary N) is 1. The van der Waals surface area contributed by atoms with Gasteiger partial charge >= 0.3 is 0 Å². The topological polar surface area (TPSA) is 26.0 Å². The van der Waals surface area contributed by atoms with Gasteiger partial charge in [0.15, 0.2) is 0 Å². The number of hydrogen-bond acceptors (Lipinski definition) is 1. The van der Waals surface area contributed by atoms with Crippen LogP contribution in [0, 0.1) is 0 Å². The molecule has 2 rings (SSSR count). The maximum Gasteiger partial charge on any atom is 0.0207 e. The molecule has 1 aromatic carbocycles. The molecule has 1 aromatic rings. The van der Waals surface area contributed by atoms with Gasteiger partial charge in [-0.2, -0.15) is 0 Å². The molecule has 0 aliphatic heterocycles. The van der Waals surface area contributed by atoms with Crippen LogP contribution < -0.4 is 5.73 Å². The number of rotatable bonds is 4. The molecule has 1 atom stereocenters. The van der Waals surface area contributed by atoms with Gasteiger partial charge in [0.05, 0.1) is 0 Å². The minimum absolute atomic E-state index is 0.248. The first-order valence-electron chi connectivity index (χ1n) is 6.42. The standard InChI is InChI=1S/C15H20BrN/c16-15-9-5-4-8-13(15)11-14(17)10-12-6-2-1-3-7-12/h4-6,8-9,14H,1-3,7,10-11,17H2. The van der Waals surface area contributed by atoms with Gasteiger partial charge in [0.1, 0.15) is 0 Å². The van der Waals surface area contributed by atoms with Crippen molar-refractivity contribution in [1.82, 2.24) is 0 Å². The molecule has 1 aliphatic carbocycles. The number of allylic oxidation sites excluding steroid dienone is 1. The zero-order chi connectivity index (χ0) is 12.1. The van der Waals surface area contributed by atoms with E-state index in [4.69, 9.17) is 5.73 Å². The molecule has 0 radical (unpaired) electrons. The van der Waals surface area contributed by atoms with Crippen molar-refractivity contribution >= 4 is 15.9 Å². The Hall–Kier alpha value is -0.600. The summed E-state index contributed by atoms with van der Waals surface area (Å²) in [5.41, 5.74) is 9.13. The fourth-order valence-electron chi connectivity index (χ4n) is 2.45. The molecule has 1 aliphatic rings. The third-order valence-corrected chi connectivity index (χ3v) is 4.12. The van der Waals surface area contributed by atoms with Crippen molar-refractivity contribution in [3.63, 3.8) is 0 Å². The third kappa shape index (κ3) is 3.97. The van der Waals surface area contributed by atoms with Crippen molar-refractivity contribution in [1.29, 1.82) is 0 Å². The van der Waals surface area contributed by atoms with Gasteiger partial charge in [0, 0.05) is 10.5 Å². The lowest BCUT2D eigenvalue weighted by molar-refractivity contribution is 0.605. The van der Waals surface area contributed by atoms with E-state index in [2.05, 4.69) is 40.2 Å². The molecule has 2 heteroatoms. The van der Waals surface area contributed by atoms with Crippen LogP contribution in [0.5, 0.6) is 0 Å². The normalized spacial score (nSPS) is 17.6. The van der Waals surface area contributed by atoms with Gasteiger partial charge < -0.3 is 5.73 Å². The lowest BCUT2D eigenvalue weighted by Gasteiger charge is -2.18. The highest BCUT2D eigenvalue weighted by Crippen LogP contribution is 2.23. The van der Waals surface area contributed by atoms with Crippen LogP contribution in [0.2, 0.25) is 0 Å². The van der Waals surface area contributed by atoms with E-state index in [1.165, 1.54) is 35.7 Å². The van der Waals surface area contributed by atoms with Crippen LogP contribution in [0.1, 0.15) is 37.7 Å². The van der Waals surface area contributed by atoms with Crippen molar-refractivity contribution in [2.24, 2.45) is 5.73 Å². The molecule has 0 amide bonds. The van der Waals surface area contributed by atoms with Crippen molar-refractivity contribution < 1.29 is 0 Å². The largest absolute Gasteiger partial charge is 0.327 e. The van der Waals surface area contributed by atoms with E-state index in [1.54, 1.807) is 5.57 Å². The van der Waals surface area contributed by atoms with E-state index in [0.717, 1.165) is 12.8 Å². The van der Waals surface area contributed by atoms with Crippen LogP contribution in [0.4, 0.5) is 0 Å². The first-order chi connectivity index (χ1) is 8.25. The molecule has 1 unspecified atom stereocenters. The van der Waals surface area contributed by atoms with Crippen LogP contribution in [0.3, 0.4) is 0 Å². The fraction of sp³-hybridized carbons (Fsp3) is 0.467. The van der Waals surface area contributed by atoms with Crippen molar-refractivity contribution in [3.8, 4) is 0 Å². The van der Waals surface area contributed by atoms with Crippen LogP contribution in [0.25, 0.3) is 0 Å². The van der Waals surface area contributed by atoms with Crippen LogP contribution in [0.15, 0.2) is 40.4 Å². The SMILES string of the molecule is NC(CC1=CCCCC1)Cc1ccccc1Br. The Morgan fingerprint density at radius 3 is 2.71 bits per heavy atom. The van der Waals surface area contributed by atoms with E-state index < -0.39 is 0 Å². The Balaban J connectivity index is 1.91. The summed E-state index contributed by atoms with van der Waals surface area (Å²) in [4.78, 5) is 0. The van der Waals surface area contributed by atoms with E-state index in [1.807, 2.05) is 6.07 Å². The highest BCUT2D eigenvalue weighted by molar-refractivity contribution is 9.10. The lowest BCUT2D eigenvalue weighted by Crippen LogP contribution is -2.24. The third-order valence-electron chi connectivity index (χ3n) is 3.35. The average molecular weight is 294 g/mol. The van der Waals surface area contributed by atoms with Gasteiger partial charge in [-0.3, -0.25) is 0 Å². The molecule has 0 spiro atoms. The van der Waals surface area contributed by atoms with E-state index in [-0.39, 0.29) is 6.04 Å². The molecule has 0 heterocycles. The Bertz CT molecular complexity index is 398. The molecule has 2 N–H and O–H groups in total. The zero-order valence-corrected chi connectivity index (χ0v) is 11.7. The van der Waals surface area contributed by atoms with Crippen LogP contribution >= 0.6 is 15.9 Å². The lowest BCUT2D eigenvalue weighted by atomic mass is 9.92. The summed E-state index contributed by atoms with van der Waals surface area (Å²) in [5, 5.41) is 0. The Morgan fingerprint density at radius 2 is 2.00 bits per heavy atom. The summed E-state index contributed by atoms with van der Waals surface area (Å²) in [7, 11) is 0.